The number of carbonyl (C=O) groups excluding carboxylic acids is 1. The Bertz CT molecular complexity index is 1290. The minimum absolute atomic E-state index is 0.00873. The molecule has 4 rings (SSSR count). The van der Waals surface area contributed by atoms with Crippen molar-refractivity contribution >= 4 is 23.4 Å². The molecular weight excluding hydrogens is 442 g/mol. The number of nitrogens with one attached hydrogen (secondary N) is 1. The summed E-state index contributed by atoms with van der Waals surface area (Å²) in [6.07, 6.45) is 0.578. The van der Waals surface area contributed by atoms with Gasteiger partial charge < -0.3 is 5.32 Å². The molecule has 8 heteroatoms. The largest absolute Gasteiger partial charge is 0.323 e. The minimum Gasteiger partial charge on any atom is -0.323 e. The molecule has 3 aromatic carbocycles. The standard InChI is InChI=1S/C25H22F2N4OS/c1-16-8-11-22(17(2)12-16)31-23(13-18-6-4-3-5-7-18)29-30-25(31)33-15-24(32)28-21-10-9-19(26)14-20(21)27/h3-12,14H,13,15H2,1-2H3,(H,28,32). The second-order valence-corrected chi connectivity index (χ2v) is 8.59. The van der Waals surface area contributed by atoms with Gasteiger partial charge in [-0.2, -0.15) is 0 Å². The third kappa shape index (κ3) is 5.46. The molecule has 0 aliphatic rings. The first kappa shape index (κ1) is 22.7. The molecule has 0 aliphatic heterocycles. The molecule has 0 bridgehead atoms. The van der Waals surface area contributed by atoms with Crippen LogP contribution in [0, 0.1) is 25.5 Å². The van der Waals surface area contributed by atoms with E-state index < -0.39 is 17.5 Å². The van der Waals surface area contributed by atoms with E-state index in [9.17, 15) is 13.6 Å². The van der Waals surface area contributed by atoms with Crippen LogP contribution in [0.2, 0.25) is 0 Å². The SMILES string of the molecule is Cc1ccc(-n2c(Cc3ccccc3)nnc2SCC(=O)Nc2ccc(F)cc2F)c(C)c1. The van der Waals surface area contributed by atoms with Gasteiger partial charge in [0.25, 0.3) is 0 Å². The van der Waals surface area contributed by atoms with E-state index in [0.29, 0.717) is 11.6 Å². The average molecular weight is 465 g/mol. The molecule has 0 spiro atoms. The Hall–Kier alpha value is -3.52. The van der Waals surface area contributed by atoms with E-state index in [-0.39, 0.29) is 11.4 Å². The van der Waals surface area contributed by atoms with Crippen molar-refractivity contribution < 1.29 is 13.6 Å². The third-order valence-corrected chi connectivity index (χ3v) is 5.97. The molecule has 4 aromatic rings. The Morgan fingerprint density at radius 2 is 1.79 bits per heavy atom. The van der Waals surface area contributed by atoms with Gasteiger partial charge in [-0.3, -0.25) is 9.36 Å². The van der Waals surface area contributed by atoms with E-state index in [2.05, 4.69) is 21.6 Å². The van der Waals surface area contributed by atoms with Crippen LogP contribution >= 0.6 is 11.8 Å². The zero-order chi connectivity index (χ0) is 23.4. The number of benzene rings is 3. The maximum atomic E-state index is 13.9. The molecule has 0 radical (unpaired) electrons. The number of anilines is 1. The number of amides is 1. The molecule has 1 heterocycles. The predicted octanol–water partition coefficient (Wildman–Crippen LogP) is 5.48. The molecule has 0 atom stereocenters. The quantitative estimate of drug-likeness (QED) is 0.368. The van der Waals surface area contributed by atoms with Gasteiger partial charge >= 0.3 is 0 Å². The Labute approximate surface area is 194 Å². The van der Waals surface area contributed by atoms with Crippen LogP contribution in [0.15, 0.2) is 71.9 Å². The number of nitrogens with zero attached hydrogens (tertiary/aromatic N) is 3. The van der Waals surface area contributed by atoms with Gasteiger partial charge in [0.2, 0.25) is 5.91 Å². The smallest absolute Gasteiger partial charge is 0.234 e. The Kier molecular flexibility index (Phi) is 6.84. The van der Waals surface area contributed by atoms with Crippen LogP contribution in [0.1, 0.15) is 22.5 Å². The van der Waals surface area contributed by atoms with Gasteiger partial charge in [-0.25, -0.2) is 8.78 Å². The van der Waals surface area contributed by atoms with E-state index in [1.54, 1.807) is 0 Å². The molecule has 33 heavy (non-hydrogen) atoms. The molecular formula is C25H22F2N4OS. The lowest BCUT2D eigenvalue weighted by Crippen LogP contribution is -2.16. The first-order chi connectivity index (χ1) is 15.9. The van der Waals surface area contributed by atoms with Crippen LogP contribution in [0.3, 0.4) is 0 Å². The molecule has 168 valence electrons. The van der Waals surface area contributed by atoms with E-state index in [0.717, 1.165) is 40.3 Å². The highest BCUT2D eigenvalue weighted by atomic mass is 32.2. The van der Waals surface area contributed by atoms with E-state index in [1.165, 1.54) is 17.8 Å². The molecule has 0 unspecified atom stereocenters. The number of aromatic nitrogens is 3. The summed E-state index contributed by atoms with van der Waals surface area (Å²) in [6.45, 7) is 4.05. The molecule has 0 fully saturated rings. The number of rotatable bonds is 7. The monoisotopic (exact) mass is 464 g/mol. The van der Waals surface area contributed by atoms with Crippen molar-refractivity contribution in [1.82, 2.24) is 14.8 Å². The van der Waals surface area contributed by atoms with Gasteiger partial charge in [0.15, 0.2) is 5.16 Å². The molecule has 0 saturated heterocycles. The maximum absolute atomic E-state index is 13.9. The zero-order valence-corrected chi connectivity index (χ0v) is 19.0. The topological polar surface area (TPSA) is 59.8 Å². The number of thioether (sulfide) groups is 1. The van der Waals surface area contributed by atoms with E-state index in [4.69, 9.17) is 0 Å². The van der Waals surface area contributed by atoms with Crippen molar-refractivity contribution in [2.24, 2.45) is 0 Å². The average Bonchev–Trinajstić information content (AvgIpc) is 3.17. The highest BCUT2D eigenvalue weighted by molar-refractivity contribution is 7.99. The first-order valence-electron chi connectivity index (χ1n) is 10.3. The molecule has 1 amide bonds. The van der Waals surface area contributed by atoms with Crippen molar-refractivity contribution in [3.8, 4) is 5.69 Å². The number of halogens is 2. The lowest BCUT2D eigenvalue weighted by molar-refractivity contribution is -0.113. The number of carbonyl (C=O) groups is 1. The van der Waals surface area contributed by atoms with Crippen molar-refractivity contribution in [1.29, 1.82) is 0 Å². The van der Waals surface area contributed by atoms with Gasteiger partial charge in [-0.15, -0.1) is 10.2 Å². The second-order valence-electron chi connectivity index (χ2n) is 7.65. The fourth-order valence-electron chi connectivity index (χ4n) is 3.49. The summed E-state index contributed by atoms with van der Waals surface area (Å²) >= 11 is 1.20. The summed E-state index contributed by atoms with van der Waals surface area (Å²) in [5.41, 5.74) is 4.16. The summed E-state index contributed by atoms with van der Waals surface area (Å²) in [5, 5.41) is 11.8. The van der Waals surface area contributed by atoms with Crippen LogP contribution in [0.25, 0.3) is 5.69 Å². The first-order valence-corrected chi connectivity index (χ1v) is 11.3. The van der Waals surface area contributed by atoms with Crippen LogP contribution in [0.4, 0.5) is 14.5 Å². The van der Waals surface area contributed by atoms with Crippen molar-refractivity contribution in [2.45, 2.75) is 25.4 Å². The van der Waals surface area contributed by atoms with Crippen LogP contribution in [-0.4, -0.2) is 26.4 Å². The van der Waals surface area contributed by atoms with E-state index >= 15 is 0 Å². The van der Waals surface area contributed by atoms with Crippen molar-refractivity contribution in [2.75, 3.05) is 11.1 Å². The van der Waals surface area contributed by atoms with Gasteiger partial charge in [-0.1, -0.05) is 59.8 Å². The molecule has 1 aromatic heterocycles. The Morgan fingerprint density at radius 3 is 2.52 bits per heavy atom. The highest BCUT2D eigenvalue weighted by Crippen LogP contribution is 2.26. The van der Waals surface area contributed by atoms with Crippen LogP contribution in [-0.2, 0) is 11.2 Å². The lowest BCUT2D eigenvalue weighted by atomic mass is 10.1. The number of hydrogen-bond donors (Lipinski definition) is 1. The molecule has 0 saturated carbocycles. The highest BCUT2D eigenvalue weighted by Gasteiger charge is 2.18. The van der Waals surface area contributed by atoms with Gasteiger partial charge in [0, 0.05) is 12.5 Å². The minimum atomic E-state index is -0.822. The predicted molar refractivity (Wildman–Crippen MR) is 126 cm³/mol. The van der Waals surface area contributed by atoms with Crippen LogP contribution < -0.4 is 5.32 Å². The number of aryl methyl sites for hydroxylation is 2. The van der Waals surface area contributed by atoms with E-state index in [1.807, 2.05) is 60.9 Å². The van der Waals surface area contributed by atoms with Crippen LogP contribution in [0.5, 0.6) is 0 Å². The summed E-state index contributed by atoms with van der Waals surface area (Å²) in [7, 11) is 0. The zero-order valence-electron chi connectivity index (χ0n) is 18.2. The molecule has 5 nitrogen and oxygen atoms in total. The molecule has 0 aliphatic carbocycles. The summed E-state index contributed by atoms with van der Waals surface area (Å²) in [4.78, 5) is 12.4. The second kappa shape index (κ2) is 9.95. The lowest BCUT2D eigenvalue weighted by Gasteiger charge is -2.14. The normalized spacial score (nSPS) is 10.9. The Balaban J connectivity index is 1.58. The summed E-state index contributed by atoms with van der Waals surface area (Å²) < 4.78 is 28.9. The Morgan fingerprint density at radius 1 is 1.00 bits per heavy atom. The fraction of sp³-hybridized carbons (Fsp3) is 0.160. The maximum Gasteiger partial charge on any atom is 0.234 e. The van der Waals surface area contributed by atoms with Gasteiger partial charge in [-0.05, 0) is 43.2 Å². The summed E-state index contributed by atoms with van der Waals surface area (Å²) in [6, 6.07) is 19.1. The van der Waals surface area contributed by atoms with Crippen molar-refractivity contribution in [3.63, 3.8) is 0 Å². The molecule has 1 N–H and O–H groups in total. The summed E-state index contributed by atoms with van der Waals surface area (Å²) in [5.74, 6) is -1.21. The van der Waals surface area contributed by atoms with Gasteiger partial charge in [0.05, 0.1) is 17.1 Å². The van der Waals surface area contributed by atoms with Gasteiger partial charge in [0.1, 0.15) is 17.5 Å². The van der Waals surface area contributed by atoms with Crippen molar-refractivity contribution in [3.05, 3.63) is 101 Å². The number of hydrogen-bond acceptors (Lipinski definition) is 4. The third-order valence-electron chi connectivity index (χ3n) is 5.04. The fourth-order valence-corrected chi connectivity index (χ4v) is 4.26.